The predicted molar refractivity (Wildman–Crippen MR) is 100 cm³/mol. The van der Waals surface area contributed by atoms with E-state index in [2.05, 4.69) is 30.7 Å². The number of hydrogen-bond donors (Lipinski definition) is 1. The second-order valence-electron chi connectivity index (χ2n) is 6.00. The third kappa shape index (κ3) is 4.56. The normalized spacial score (nSPS) is 10.4. The van der Waals surface area contributed by atoms with E-state index in [1.54, 1.807) is 13.3 Å². The Balaban J connectivity index is 1.58. The second kappa shape index (κ2) is 8.85. The van der Waals surface area contributed by atoms with Crippen molar-refractivity contribution in [3.63, 3.8) is 0 Å². The Morgan fingerprint density at radius 1 is 1.07 bits per heavy atom. The van der Waals surface area contributed by atoms with Gasteiger partial charge in [0.15, 0.2) is 6.61 Å². The first-order chi connectivity index (χ1) is 13.6. The van der Waals surface area contributed by atoms with Crippen molar-refractivity contribution >= 4 is 6.09 Å². The molecular weight excluding hydrogens is 360 g/mol. The molecule has 9 heteroatoms. The number of rotatable bonds is 6. The summed E-state index contributed by atoms with van der Waals surface area (Å²) in [5.41, 5.74) is 3.22. The fourth-order valence-corrected chi connectivity index (χ4v) is 2.61. The lowest BCUT2D eigenvalue weighted by atomic mass is 10.1. The minimum absolute atomic E-state index is 0.134. The molecule has 3 aromatic rings. The van der Waals surface area contributed by atoms with Gasteiger partial charge in [-0.2, -0.15) is 0 Å². The van der Waals surface area contributed by atoms with Crippen molar-refractivity contribution in [2.24, 2.45) is 0 Å². The van der Waals surface area contributed by atoms with E-state index >= 15 is 0 Å². The first-order valence-electron chi connectivity index (χ1n) is 8.60. The van der Waals surface area contributed by atoms with E-state index < -0.39 is 6.09 Å². The van der Waals surface area contributed by atoms with Gasteiger partial charge in [-0.05, 0) is 19.4 Å². The average molecular weight is 380 g/mol. The summed E-state index contributed by atoms with van der Waals surface area (Å²) in [5.74, 6) is 1.18. The van der Waals surface area contributed by atoms with Gasteiger partial charge in [-0.15, -0.1) is 20.4 Å². The standard InChI is InChI=1S/C19H20N6O3/c1-12-9-20-16(13(2)17(12)27-3)18-24-22-15(23-25-18)11-28-19(26)21-10-14-7-5-4-6-8-14/h4-9H,10-11H2,1-3H3,(H,21,26). The Morgan fingerprint density at radius 2 is 1.79 bits per heavy atom. The first kappa shape index (κ1) is 19.2. The molecule has 28 heavy (non-hydrogen) atoms. The van der Waals surface area contributed by atoms with Gasteiger partial charge in [-0.25, -0.2) is 4.79 Å². The molecule has 2 heterocycles. The van der Waals surface area contributed by atoms with Crippen molar-refractivity contribution in [2.45, 2.75) is 27.0 Å². The number of aryl methyl sites for hydroxylation is 1. The second-order valence-corrected chi connectivity index (χ2v) is 6.00. The molecule has 0 unspecified atom stereocenters. The van der Waals surface area contributed by atoms with Gasteiger partial charge >= 0.3 is 6.09 Å². The van der Waals surface area contributed by atoms with Crippen LogP contribution in [0.2, 0.25) is 0 Å². The van der Waals surface area contributed by atoms with Crippen LogP contribution in [0, 0.1) is 13.8 Å². The van der Waals surface area contributed by atoms with E-state index in [9.17, 15) is 4.79 Å². The van der Waals surface area contributed by atoms with Crippen LogP contribution in [0.1, 0.15) is 22.5 Å². The van der Waals surface area contributed by atoms with Crippen LogP contribution < -0.4 is 10.1 Å². The number of pyridine rings is 1. The monoisotopic (exact) mass is 380 g/mol. The molecule has 1 amide bonds. The third-order valence-corrected chi connectivity index (χ3v) is 3.99. The maximum Gasteiger partial charge on any atom is 0.407 e. The molecule has 1 aromatic carbocycles. The highest BCUT2D eigenvalue weighted by atomic mass is 16.5. The first-order valence-corrected chi connectivity index (χ1v) is 8.60. The number of amides is 1. The van der Waals surface area contributed by atoms with Gasteiger partial charge in [0, 0.05) is 23.9 Å². The molecule has 0 bridgehead atoms. The zero-order valence-corrected chi connectivity index (χ0v) is 15.8. The summed E-state index contributed by atoms with van der Waals surface area (Å²) >= 11 is 0. The van der Waals surface area contributed by atoms with E-state index in [1.807, 2.05) is 44.2 Å². The van der Waals surface area contributed by atoms with Gasteiger partial charge in [-0.1, -0.05) is 30.3 Å². The molecule has 144 valence electrons. The van der Waals surface area contributed by atoms with E-state index in [1.165, 1.54) is 0 Å². The number of carbonyl (C=O) groups is 1. The SMILES string of the molecule is COc1c(C)cnc(-c2nnc(COC(=O)NCc3ccccc3)nn2)c1C. The van der Waals surface area contributed by atoms with Crippen LogP contribution in [0.25, 0.3) is 11.5 Å². The lowest BCUT2D eigenvalue weighted by Gasteiger charge is -2.10. The van der Waals surface area contributed by atoms with Crippen LogP contribution in [-0.4, -0.2) is 38.6 Å². The molecular formula is C19H20N6O3. The number of nitrogens with one attached hydrogen (secondary N) is 1. The van der Waals surface area contributed by atoms with Gasteiger partial charge in [0.1, 0.15) is 11.4 Å². The lowest BCUT2D eigenvalue weighted by Crippen LogP contribution is -2.24. The topological polar surface area (TPSA) is 112 Å². The van der Waals surface area contributed by atoms with Crippen molar-refractivity contribution in [1.82, 2.24) is 30.7 Å². The zero-order chi connectivity index (χ0) is 19.9. The van der Waals surface area contributed by atoms with E-state index in [0.29, 0.717) is 12.2 Å². The van der Waals surface area contributed by atoms with E-state index in [4.69, 9.17) is 9.47 Å². The Kier molecular flexibility index (Phi) is 6.05. The van der Waals surface area contributed by atoms with Crippen LogP contribution in [0.4, 0.5) is 4.79 Å². The smallest absolute Gasteiger partial charge is 0.407 e. The summed E-state index contributed by atoms with van der Waals surface area (Å²) < 4.78 is 10.5. The molecule has 1 N–H and O–H groups in total. The lowest BCUT2D eigenvalue weighted by molar-refractivity contribution is 0.135. The quantitative estimate of drug-likeness (QED) is 0.694. The predicted octanol–water partition coefficient (Wildman–Crippen LogP) is 2.38. The number of methoxy groups -OCH3 is 1. The fraction of sp³-hybridized carbons (Fsp3) is 0.263. The summed E-state index contributed by atoms with van der Waals surface area (Å²) in [4.78, 5) is 16.1. The largest absolute Gasteiger partial charge is 0.496 e. The maximum absolute atomic E-state index is 11.8. The van der Waals surface area contributed by atoms with Crippen molar-refractivity contribution in [3.05, 3.63) is 59.0 Å². The molecule has 0 aliphatic heterocycles. The van der Waals surface area contributed by atoms with E-state index in [-0.39, 0.29) is 18.3 Å². The van der Waals surface area contributed by atoms with Crippen molar-refractivity contribution in [2.75, 3.05) is 7.11 Å². The molecule has 0 spiro atoms. The highest BCUT2D eigenvalue weighted by Gasteiger charge is 2.15. The number of nitrogens with zero attached hydrogens (tertiary/aromatic N) is 5. The highest BCUT2D eigenvalue weighted by Crippen LogP contribution is 2.28. The van der Waals surface area contributed by atoms with Gasteiger partial charge in [0.2, 0.25) is 11.6 Å². The number of alkyl carbamates (subject to hydrolysis) is 1. The number of ether oxygens (including phenoxy) is 2. The summed E-state index contributed by atoms with van der Waals surface area (Å²) in [6.07, 6.45) is 1.11. The molecule has 2 aromatic heterocycles. The Bertz CT molecular complexity index is 948. The summed E-state index contributed by atoms with van der Waals surface area (Å²) in [7, 11) is 1.60. The van der Waals surface area contributed by atoms with Crippen LogP contribution in [0.3, 0.4) is 0 Å². The minimum Gasteiger partial charge on any atom is -0.496 e. The molecule has 9 nitrogen and oxygen atoms in total. The van der Waals surface area contributed by atoms with Crippen LogP contribution in [0.15, 0.2) is 36.5 Å². The summed E-state index contributed by atoms with van der Waals surface area (Å²) in [5, 5.41) is 18.6. The molecule has 0 radical (unpaired) electrons. The fourth-order valence-electron chi connectivity index (χ4n) is 2.61. The number of aromatic nitrogens is 5. The number of benzene rings is 1. The van der Waals surface area contributed by atoms with Crippen molar-refractivity contribution < 1.29 is 14.3 Å². The Morgan fingerprint density at radius 3 is 2.46 bits per heavy atom. The number of hydrogen-bond acceptors (Lipinski definition) is 8. The molecule has 3 rings (SSSR count). The molecule has 0 atom stereocenters. The van der Waals surface area contributed by atoms with Crippen molar-refractivity contribution in [1.29, 1.82) is 0 Å². The van der Waals surface area contributed by atoms with Gasteiger partial charge < -0.3 is 14.8 Å². The number of carbonyl (C=O) groups excluding carboxylic acids is 1. The van der Waals surface area contributed by atoms with Crippen LogP contribution in [-0.2, 0) is 17.9 Å². The summed E-state index contributed by atoms with van der Waals surface area (Å²) in [6.45, 7) is 4.01. The average Bonchev–Trinajstić information content (AvgIpc) is 2.72. The van der Waals surface area contributed by atoms with Crippen LogP contribution in [0.5, 0.6) is 5.75 Å². The molecule has 0 saturated carbocycles. The molecule has 0 aliphatic carbocycles. The van der Waals surface area contributed by atoms with E-state index in [0.717, 1.165) is 22.4 Å². The highest BCUT2D eigenvalue weighted by molar-refractivity contribution is 5.67. The van der Waals surface area contributed by atoms with Gasteiger partial charge in [-0.3, -0.25) is 4.98 Å². The van der Waals surface area contributed by atoms with Crippen LogP contribution >= 0.6 is 0 Å². The Hall–Kier alpha value is -3.62. The maximum atomic E-state index is 11.8. The minimum atomic E-state index is -0.572. The molecule has 0 saturated heterocycles. The summed E-state index contributed by atoms with van der Waals surface area (Å²) in [6, 6.07) is 9.52. The molecule has 0 aliphatic rings. The molecule has 0 fully saturated rings. The Labute approximate surface area is 162 Å². The van der Waals surface area contributed by atoms with Gasteiger partial charge in [0.05, 0.1) is 7.11 Å². The third-order valence-electron chi connectivity index (χ3n) is 3.99. The van der Waals surface area contributed by atoms with Gasteiger partial charge in [0.25, 0.3) is 0 Å². The zero-order valence-electron chi connectivity index (χ0n) is 15.8. The van der Waals surface area contributed by atoms with Crippen molar-refractivity contribution in [3.8, 4) is 17.3 Å².